The van der Waals surface area contributed by atoms with Crippen LogP contribution in [0, 0.1) is 5.92 Å². The number of ketones is 1. The number of nitrogens with two attached hydrogens (primary N) is 1. The van der Waals surface area contributed by atoms with E-state index >= 15 is 0 Å². The number of fused-ring (bicyclic) bond motifs is 1. The molecule has 1 aromatic carbocycles. The summed E-state index contributed by atoms with van der Waals surface area (Å²) in [6.07, 6.45) is 5.41. The highest BCUT2D eigenvalue weighted by atomic mass is 16.5. The number of likely N-dealkylation sites (tertiary alicyclic amines) is 1. The lowest BCUT2D eigenvalue weighted by atomic mass is 10.0. The largest absolute Gasteiger partial charge is 0.477 e. The van der Waals surface area contributed by atoms with Crippen LogP contribution in [0.3, 0.4) is 0 Å². The highest BCUT2D eigenvalue weighted by Crippen LogP contribution is 2.35. The van der Waals surface area contributed by atoms with Crippen LogP contribution in [0.15, 0.2) is 30.3 Å². The molecule has 0 spiro atoms. The number of carbonyl (C=O) groups is 1. The Morgan fingerprint density at radius 1 is 1.10 bits per heavy atom. The molecule has 3 heterocycles. The Kier molecular flexibility index (Phi) is 5.34. The normalized spacial score (nSPS) is 19.2. The van der Waals surface area contributed by atoms with Crippen molar-refractivity contribution in [1.29, 1.82) is 0 Å². The van der Waals surface area contributed by atoms with E-state index in [9.17, 15) is 4.79 Å². The molecule has 0 bridgehead atoms. The van der Waals surface area contributed by atoms with Gasteiger partial charge in [0.2, 0.25) is 5.88 Å². The van der Waals surface area contributed by atoms with E-state index in [1.807, 2.05) is 6.07 Å². The molecule has 5 rings (SSSR count). The summed E-state index contributed by atoms with van der Waals surface area (Å²) >= 11 is 0. The Hall–Kier alpha value is -2.60. The van der Waals surface area contributed by atoms with Crippen LogP contribution in [0.2, 0.25) is 0 Å². The summed E-state index contributed by atoms with van der Waals surface area (Å²) in [7, 11) is 0. The zero-order valence-corrected chi connectivity index (χ0v) is 17.5. The number of hydrogen-bond donors (Lipinski definition) is 1. The van der Waals surface area contributed by atoms with Crippen molar-refractivity contribution in [3.63, 3.8) is 0 Å². The first-order chi connectivity index (χ1) is 14.6. The fourth-order valence-corrected chi connectivity index (χ4v) is 4.52. The lowest BCUT2D eigenvalue weighted by Gasteiger charge is -2.31. The van der Waals surface area contributed by atoms with Gasteiger partial charge in [-0.2, -0.15) is 4.98 Å². The molecule has 1 saturated carbocycles. The molecule has 2 aromatic rings. The van der Waals surface area contributed by atoms with Gasteiger partial charge in [-0.1, -0.05) is 24.3 Å². The van der Waals surface area contributed by atoms with Crippen molar-refractivity contribution >= 4 is 17.3 Å². The van der Waals surface area contributed by atoms with Crippen molar-refractivity contribution in [2.45, 2.75) is 45.2 Å². The Labute approximate surface area is 178 Å². The summed E-state index contributed by atoms with van der Waals surface area (Å²) in [5.41, 5.74) is 10.6. The van der Waals surface area contributed by atoms with Gasteiger partial charge < -0.3 is 15.4 Å². The van der Waals surface area contributed by atoms with Crippen LogP contribution >= 0.6 is 0 Å². The quantitative estimate of drug-likeness (QED) is 0.761. The van der Waals surface area contributed by atoms with Gasteiger partial charge in [0.1, 0.15) is 5.82 Å². The molecule has 2 aliphatic heterocycles. The van der Waals surface area contributed by atoms with Crippen LogP contribution in [0.1, 0.15) is 42.4 Å². The van der Waals surface area contributed by atoms with Gasteiger partial charge in [0.15, 0.2) is 5.78 Å². The van der Waals surface area contributed by atoms with Crippen molar-refractivity contribution in [3.05, 3.63) is 47.0 Å². The lowest BCUT2D eigenvalue weighted by Crippen LogP contribution is -2.36. The maximum absolute atomic E-state index is 12.4. The van der Waals surface area contributed by atoms with Crippen LogP contribution in [-0.2, 0) is 24.3 Å². The SMILES string of the molecule is Nc1nc(OCC2CC2)cc2c1CC(=O)CN2Cc1cccc(CN2CCCC2)c1. The van der Waals surface area contributed by atoms with E-state index in [0.717, 1.165) is 17.8 Å². The molecule has 3 aliphatic rings. The lowest BCUT2D eigenvalue weighted by molar-refractivity contribution is -0.117. The molecule has 0 atom stereocenters. The van der Waals surface area contributed by atoms with E-state index < -0.39 is 0 Å². The van der Waals surface area contributed by atoms with Gasteiger partial charge in [0.25, 0.3) is 0 Å². The molecule has 6 heteroatoms. The maximum atomic E-state index is 12.4. The second kappa shape index (κ2) is 8.26. The molecule has 1 aliphatic carbocycles. The second-order valence-corrected chi connectivity index (χ2v) is 8.97. The molecule has 2 fully saturated rings. The zero-order valence-electron chi connectivity index (χ0n) is 17.5. The summed E-state index contributed by atoms with van der Waals surface area (Å²) in [5.74, 6) is 1.82. The Bertz CT molecular complexity index is 935. The van der Waals surface area contributed by atoms with Gasteiger partial charge in [-0.05, 0) is 55.8 Å². The molecule has 0 amide bonds. The Morgan fingerprint density at radius 3 is 2.63 bits per heavy atom. The number of anilines is 2. The number of Topliss-reactive ketones (excluding diaryl/α,β-unsaturated/α-hetero) is 1. The fourth-order valence-electron chi connectivity index (χ4n) is 4.52. The Morgan fingerprint density at radius 2 is 1.87 bits per heavy atom. The number of hydrogen-bond acceptors (Lipinski definition) is 6. The van der Waals surface area contributed by atoms with Crippen molar-refractivity contribution in [1.82, 2.24) is 9.88 Å². The monoisotopic (exact) mass is 406 g/mol. The Balaban J connectivity index is 1.36. The third-order valence-corrected chi connectivity index (χ3v) is 6.32. The smallest absolute Gasteiger partial charge is 0.217 e. The van der Waals surface area contributed by atoms with Gasteiger partial charge in [-0.15, -0.1) is 0 Å². The van der Waals surface area contributed by atoms with Gasteiger partial charge >= 0.3 is 0 Å². The van der Waals surface area contributed by atoms with Crippen molar-refractivity contribution < 1.29 is 9.53 Å². The third-order valence-electron chi connectivity index (χ3n) is 6.32. The molecule has 6 nitrogen and oxygen atoms in total. The summed E-state index contributed by atoms with van der Waals surface area (Å²) in [6, 6.07) is 10.7. The van der Waals surface area contributed by atoms with Crippen LogP contribution in [-0.4, -0.2) is 41.9 Å². The number of nitrogen functional groups attached to an aromatic ring is 1. The highest BCUT2D eigenvalue weighted by molar-refractivity contribution is 5.92. The molecule has 1 saturated heterocycles. The molecule has 0 unspecified atom stereocenters. The topological polar surface area (TPSA) is 71.7 Å². The van der Waals surface area contributed by atoms with Gasteiger partial charge in [0, 0.05) is 31.1 Å². The summed E-state index contributed by atoms with van der Waals surface area (Å²) in [4.78, 5) is 21.5. The first kappa shape index (κ1) is 19.4. The van der Waals surface area contributed by atoms with Gasteiger partial charge in [-0.3, -0.25) is 9.69 Å². The van der Waals surface area contributed by atoms with E-state index in [2.05, 4.69) is 39.0 Å². The minimum absolute atomic E-state index is 0.177. The molecule has 2 N–H and O–H groups in total. The summed E-state index contributed by atoms with van der Waals surface area (Å²) < 4.78 is 5.89. The summed E-state index contributed by atoms with van der Waals surface area (Å²) in [6.45, 7) is 5.15. The number of nitrogens with zero attached hydrogens (tertiary/aromatic N) is 3. The molecule has 1 aromatic heterocycles. The first-order valence-corrected chi connectivity index (χ1v) is 11.1. The number of benzene rings is 1. The van der Waals surface area contributed by atoms with E-state index in [1.165, 1.54) is 49.9 Å². The predicted molar refractivity (Wildman–Crippen MR) is 118 cm³/mol. The molecular formula is C24H30N4O2. The molecule has 0 radical (unpaired) electrons. The predicted octanol–water partition coefficient (Wildman–Crippen LogP) is 3.18. The van der Waals surface area contributed by atoms with Crippen LogP contribution in [0.25, 0.3) is 0 Å². The van der Waals surface area contributed by atoms with Crippen LogP contribution in [0.4, 0.5) is 11.5 Å². The minimum Gasteiger partial charge on any atom is -0.477 e. The van der Waals surface area contributed by atoms with Crippen molar-refractivity contribution in [2.75, 3.05) is 36.9 Å². The molecule has 158 valence electrons. The highest BCUT2D eigenvalue weighted by Gasteiger charge is 2.27. The number of pyridine rings is 1. The average Bonchev–Trinajstić information content (AvgIpc) is 3.42. The number of ether oxygens (including phenoxy) is 1. The molecular weight excluding hydrogens is 376 g/mol. The first-order valence-electron chi connectivity index (χ1n) is 11.1. The van der Waals surface area contributed by atoms with Crippen molar-refractivity contribution in [3.8, 4) is 5.88 Å². The minimum atomic E-state index is 0.177. The number of carbonyl (C=O) groups excluding carboxylic acids is 1. The average molecular weight is 407 g/mol. The van der Waals surface area contributed by atoms with E-state index in [4.69, 9.17) is 10.5 Å². The van der Waals surface area contributed by atoms with Crippen molar-refractivity contribution in [2.24, 2.45) is 5.92 Å². The van der Waals surface area contributed by atoms with Crippen LogP contribution in [0.5, 0.6) is 5.88 Å². The fraction of sp³-hybridized carbons (Fsp3) is 0.500. The standard InChI is InChI=1S/C24H30N4O2/c25-24-21-11-20(29)15-28(22(21)12-23(26-24)30-16-17-6-7-17)14-19-5-3-4-18(10-19)13-27-8-1-2-9-27/h3-5,10,12,17H,1-2,6-9,11,13-16H2,(H2,25,26). The van der Waals surface area contributed by atoms with Gasteiger partial charge in [0.05, 0.1) is 18.8 Å². The third kappa shape index (κ3) is 4.43. The zero-order chi connectivity index (χ0) is 20.5. The molecule has 30 heavy (non-hydrogen) atoms. The second-order valence-electron chi connectivity index (χ2n) is 8.97. The van der Waals surface area contributed by atoms with Crippen LogP contribution < -0.4 is 15.4 Å². The maximum Gasteiger partial charge on any atom is 0.217 e. The van der Waals surface area contributed by atoms with E-state index in [0.29, 0.717) is 43.7 Å². The van der Waals surface area contributed by atoms with E-state index in [1.54, 1.807) is 0 Å². The number of rotatable bonds is 7. The van der Waals surface area contributed by atoms with Gasteiger partial charge in [-0.25, -0.2) is 0 Å². The van der Waals surface area contributed by atoms with E-state index in [-0.39, 0.29) is 5.78 Å². The number of aromatic nitrogens is 1. The summed E-state index contributed by atoms with van der Waals surface area (Å²) in [5, 5.41) is 0.